The second-order valence-electron chi connectivity index (χ2n) is 6.18. The first-order valence-corrected chi connectivity index (χ1v) is 8.80. The normalized spacial score (nSPS) is 10.8. The molecule has 2 amide bonds. The predicted octanol–water partition coefficient (Wildman–Crippen LogP) is 3.98. The van der Waals surface area contributed by atoms with Crippen molar-refractivity contribution in [3.05, 3.63) is 108 Å². The van der Waals surface area contributed by atoms with E-state index >= 15 is 0 Å². The van der Waals surface area contributed by atoms with Gasteiger partial charge in [-0.05, 0) is 34.9 Å². The van der Waals surface area contributed by atoms with Gasteiger partial charge in [-0.3, -0.25) is 14.8 Å². The van der Waals surface area contributed by atoms with Crippen LogP contribution in [0.1, 0.15) is 22.6 Å². The highest BCUT2D eigenvalue weighted by Gasteiger charge is 2.22. The lowest BCUT2D eigenvalue weighted by Crippen LogP contribution is -2.22. The maximum atomic E-state index is 13.0. The molecule has 5 nitrogen and oxygen atoms in total. The molecule has 0 unspecified atom stereocenters. The van der Waals surface area contributed by atoms with Crippen LogP contribution in [-0.4, -0.2) is 17.0 Å². The molecule has 0 aliphatic carbocycles. The standard InChI is InChI=1S/C23H20N2O3/c26-21(25-28)16-13-17-11-14-20(15-12-17)24-23(27)22(18-7-3-1-4-8-18)19-9-5-2-6-10-19/h1-16,22,28H,(H,24,27)(H,25,26). The van der Waals surface area contributed by atoms with Gasteiger partial charge in [0.1, 0.15) is 0 Å². The third kappa shape index (κ3) is 4.93. The molecule has 3 rings (SSSR count). The Labute approximate surface area is 163 Å². The molecular weight excluding hydrogens is 352 g/mol. The molecule has 0 heterocycles. The largest absolute Gasteiger partial charge is 0.325 e. The van der Waals surface area contributed by atoms with Crippen molar-refractivity contribution in [2.45, 2.75) is 5.92 Å². The SMILES string of the molecule is O=C(C=Cc1ccc(NC(=O)C(c2ccccc2)c2ccccc2)cc1)NO. The summed E-state index contributed by atoms with van der Waals surface area (Å²) in [6.45, 7) is 0. The number of rotatable bonds is 6. The number of hydrogen-bond donors (Lipinski definition) is 3. The molecular formula is C23H20N2O3. The molecule has 5 heteroatoms. The first-order chi connectivity index (χ1) is 13.7. The fourth-order valence-electron chi connectivity index (χ4n) is 2.89. The van der Waals surface area contributed by atoms with Gasteiger partial charge in [-0.15, -0.1) is 0 Å². The van der Waals surface area contributed by atoms with E-state index in [4.69, 9.17) is 5.21 Å². The lowest BCUT2D eigenvalue weighted by molar-refractivity contribution is -0.124. The second kappa shape index (κ2) is 9.30. The summed E-state index contributed by atoms with van der Waals surface area (Å²) in [4.78, 5) is 24.1. The average molecular weight is 372 g/mol. The van der Waals surface area contributed by atoms with Crippen LogP contribution in [0.5, 0.6) is 0 Å². The van der Waals surface area contributed by atoms with Crippen LogP contribution in [0.2, 0.25) is 0 Å². The van der Waals surface area contributed by atoms with E-state index in [0.29, 0.717) is 5.69 Å². The van der Waals surface area contributed by atoms with E-state index in [9.17, 15) is 9.59 Å². The van der Waals surface area contributed by atoms with Gasteiger partial charge in [0.25, 0.3) is 5.91 Å². The molecule has 0 spiro atoms. The van der Waals surface area contributed by atoms with Crippen LogP contribution in [0.25, 0.3) is 6.08 Å². The Balaban J connectivity index is 1.79. The van der Waals surface area contributed by atoms with E-state index in [1.807, 2.05) is 60.7 Å². The Morgan fingerprint density at radius 3 is 1.82 bits per heavy atom. The number of carbonyl (C=O) groups excluding carboxylic acids is 2. The zero-order valence-electron chi connectivity index (χ0n) is 15.1. The van der Waals surface area contributed by atoms with E-state index in [2.05, 4.69) is 5.32 Å². The van der Waals surface area contributed by atoms with Crippen molar-refractivity contribution < 1.29 is 14.8 Å². The van der Waals surface area contributed by atoms with Gasteiger partial charge in [0.05, 0.1) is 5.92 Å². The van der Waals surface area contributed by atoms with E-state index in [1.165, 1.54) is 11.6 Å². The Kier molecular flexibility index (Phi) is 6.33. The minimum Gasteiger partial charge on any atom is -0.325 e. The maximum Gasteiger partial charge on any atom is 0.267 e. The van der Waals surface area contributed by atoms with Crippen molar-refractivity contribution in [1.29, 1.82) is 0 Å². The smallest absolute Gasteiger partial charge is 0.267 e. The zero-order valence-corrected chi connectivity index (χ0v) is 15.1. The molecule has 0 fully saturated rings. The van der Waals surface area contributed by atoms with Gasteiger partial charge >= 0.3 is 0 Å². The van der Waals surface area contributed by atoms with Gasteiger partial charge in [0.2, 0.25) is 5.91 Å². The summed E-state index contributed by atoms with van der Waals surface area (Å²) >= 11 is 0. The lowest BCUT2D eigenvalue weighted by atomic mass is 9.90. The maximum absolute atomic E-state index is 13.0. The number of amides is 2. The molecule has 0 saturated heterocycles. The Hall–Kier alpha value is -3.70. The molecule has 0 saturated carbocycles. The monoisotopic (exact) mass is 372 g/mol. The minimum absolute atomic E-state index is 0.125. The summed E-state index contributed by atoms with van der Waals surface area (Å²) in [6.07, 6.45) is 2.78. The van der Waals surface area contributed by atoms with Gasteiger partial charge in [-0.25, -0.2) is 5.48 Å². The third-order valence-electron chi connectivity index (χ3n) is 4.24. The summed E-state index contributed by atoms with van der Waals surface area (Å²) in [5.41, 5.74) is 4.79. The number of carbonyl (C=O) groups is 2. The summed E-state index contributed by atoms with van der Waals surface area (Å²) in [6, 6.07) is 26.4. The summed E-state index contributed by atoms with van der Waals surface area (Å²) in [5, 5.41) is 11.5. The summed E-state index contributed by atoms with van der Waals surface area (Å²) < 4.78 is 0. The molecule has 0 atom stereocenters. The highest BCUT2D eigenvalue weighted by atomic mass is 16.5. The highest BCUT2D eigenvalue weighted by Crippen LogP contribution is 2.26. The van der Waals surface area contributed by atoms with E-state index < -0.39 is 11.8 Å². The minimum atomic E-state index is -0.606. The van der Waals surface area contributed by atoms with Gasteiger partial charge in [-0.2, -0.15) is 0 Å². The number of hydroxylamine groups is 1. The quantitative estimate of drug-likeness (QED) is 0.348. The van der Waals surface area contributed by atoms with Crippen molar-refractivity contribution in [2.75, 3.05) is 5.32 Å². The van der Waals surface area contributed by atoms with Gasteiger partial charge < -0.3 is 5.32 Å². The van der Waals surface area contributed by atoms with Crippen LogP contribution in [0.3, 0.4) is 0 Å². The van der Waals surface area contributed by atoms with Crippen LogP contribution in [0.15, 0.2) is 91.0 Å². The Morgan fingerprint density at radius 2 is 1.32 bits per heavy atom. The summed E-state index contributed by atoms with van der Waals surface area (Å²) in [5.74, 6) is -1.15. The van der Waals surface area contributed by atoms with Crippen LogP contribution < -0.4 is 10.8 Å². The van der Waals surface area contributed by atoms with Crippen molar-refractivity contribution in [1.82, 2.24) is 5.48 Å². The number of anilines is 1. The number of hydrogen-bond acceptors (Lipinski definition) is 3. The fraction of sp³-hybridized carbons (Fsp3) is 0.0435. The second-order valence-corrected chi connectivity index (χ2v) is 6.18. The van der Waals surface area contributed by atoms with Gasteiger partial charge in [0, 0.05) is 11.8 Å². The molecule has 0 radical (unpaired) electrons. The molecule has 0 aliphatic heterocycles. The number of nitrogens with one attached hydrogen (secondary N) is 2. The lowest BCUT2D eigenvalue weighted by Gasteiger charge is -2.18. The van der Waals surface area contributed by atoms with Crippen molar-refractivity contribution >= 4 is 23.6 Å². The molecule has 3 aromatic rings. The summed E-state index contributed by atoms with van der Waals surface area (Å²) in [7, 11) is 0. The van der Waals surface area contributed by atoms with E-state index in [1.54, 1.807) is 30.3 Å². The molecule has 3 N–H and O–H groups in total. The zero-order chi connectivity index (χ0) is 19.8. The molecule has 28 heavy (non-hydrogen) atoms. The predicted molar refractivity (Wildman–Crippen MR) is 109 cm³/mol. The van der Waals surface area contributed by atoms with Crippen molar-refractivity contribution in [3.8, 4) is 0 Å². The van der Waals surface area contributed by atoms with Crippen LogP contribution in [0.4, 0.5) is 5.69 Å². The van der Waals surface area contributed by atoms with E-state index in [-0.39, 0.29) is 5.91 Å². The fourth-order valence-corrected chi connectivity index (χ4v) is 2.89. The average Bonchev–Trinajstić information content (AvgIpc) is 2.74. The molecule has 0 bridgehead atoms. The van der Waals surface area contributed by atoms with Crippen LogP contribution in [0, 0.1) is 0 Å². The van der Waals surface area contributed by atoms with Crippen molar-refractivity contribution in [3.63, 3.8) is 0 Å². The number of benzene rings is 3. The Bertz CT molecular complexity index is 913. The van der Waals surface area contributed by atoms with Gasteiger partial charge in [-0.1, -0.05) is 72.8 Å². The molecule has 0 aliphatic rings. The topological polar surface area (TPSA) is 78.4 Å². The molecule has 3 aromatic carbocycles. The van der Waals surface area contributed by atoms with Crippen LogP contribution >= 0.6 is 0 Å². The molecule has 0 aromatic heterocycles. The van der Waals surface area contributed by atoms with E-state index in [0.717, 1.165) is 16.7 Å². The highest BCUT2D eigenvalue weighted by molar-refractivity contribution is 5.98. The van der Waals surface area contributed by atoms with Gasteiger partial charge in [0.15, 0.2) is 0 Å². The first-order valence-electron chi connectivity index (χ1n) is 8.80. The van der Waals surface area contributed by atoms with Crippen molar-refractivity contribution in [2.24, 2.45) is 0 Å². The van der Waals surface area contributed by atoms with Crippen LogP contribution in [-0.2, 0) is 9.59 Å². The molecule has 140 valence electrons. The Morgan fingerprint density at radius 1 is 0.786 bits per heavy atom. The third-order valence-corrected chi connectivity index (χ3v) is 4.24. The first kappa shape index (κ1) is 19.1.